The minimum Gasteiger partial charge on any atom is -0.317 e. The smallest absolute Gasteiger partial charge is 0.292 e. The normalized spacial score (nSPS) is 16.3. The van der Waals surface area contributed by atoms with Gasteiger partial charge in [0.2, 0.25) is 0 Å². The molecule has 0 spiro atoms. The van der Waals surface area contributed by atoms with Crippen molar-refractivity contribution < 1.29 is 17.7 Å². The summed E-state index contributed by atoms with van der Waals surface area (Å²) in [6, 6.07) is 2.73. The third-order valence-corrected chi connectivity index (χ3v) is 5.58. The zero-order chi connectivity index (χ0) is 15.6. The van der Waals surface area contributed by atoms with Crippen LogP contribution in [0, 0.1) is 15.9 Å². The van der Waals surface area contributed by atoms with E-state index < -0.39 is 31.3 Å². The van der Waals surface area contributed by atoms with E-state index in [1.807, 2.05) is 0 Å². The van der Waals surface area contributed by atoms with Gasteiger partial charge in [-0.15, -0.1) is 12.4 Å². The van der Waals surface area contributed by atoms with E-state index in [0.717, 1.165) is 22.5 Å². The van der Waals surface area contributed by atoms with Crippen LogP contribution in [-0.4, -0.2) is 43.8 Å². The molecule has 1 heterocycles. The highest BCUT2D eigenvalue weighted by Crippen LogP contribution is 2.30. The number of nitrogens with zero attached hydrogens (tertiary/aromatic N) is 2. The molecule has 0 amide bonds. The lowest BCUT2D eigenvalue weighted by atomic mass is 10.1. The summed E-state index contributed by atoms with van der Waals surface area (Å²) in [5.41, 5.74) is -0.740. The molecule has 0 bridgehead atoms. The minimum absolute atomic E-state index is 0. The summed E-state index contributed by atoms with van der Waals surface area (Å²) in [5, 5.41) is 14.1. The van der Waals surface area contributed by atoms with Crippen molar-refractivity contribution in [2.75, 3.05) is 20.1 Å². The summed E-state index contributed by atoms with van der Waals surface area (Å²) in [6.45, 7) is 1.31. The first kappa shape index (κ1) is 18.8. The molecule has 0 atom stereocenters. The van der Waals surface area contributed by atoms with Crippen molar-refractivity contribution in [2.45, 2.75) is 23.8 Å². The maximum Gasteiger partial charge on any atom is 0.292 e. The molecule has 0 aromatic heterocycles. The Morgan fingerprint density at radius 3 is 2.50 bits per heavy atom. The van der Waals surface area contributed by atoms with Crippen molar-refractivity contribution in [3.63, 3.8) is 0 Å². The predicted octanol–water partition coefficient (Wildman–Crippen LogP) is 1.53. The van der Waals surface area contributed by atoms with Gasteiger partial charge in [-0.1, -0.05) is 6.07 Å². The van der Waals surface area contributed by atoms with Gasteiger partial charge in [0.1, 0.15) is 5.82 Å². The van der Waals surface area contributed by atoms with Gasteiger partial charge >= 0.3 is 0 Å². The molecule has 1 aromatic rings. The number of halogens is 2. The summed E-state index contributed by atoms with van der Waals surface area (Å²) < 4.78 is 40.0. The Morgan fingerprint density at radius 1 is 1.36 bits per heavy atom. The molecule has 0 unspecified atom stereocenters. The highest BCUT2D eigenvalue weighted by molar-refractivity contribution is 7.89. The molecule has 1 aliphatic heterocycles. The molecule has 124 valence electrons. The van der Waals surface area contributed by atoms with Gasteiger partial charge in [-0.3, -0.25) is 10.1 Å². The largest absolute Gasteiger partial charge is 0.317 e. The van der Waals surface area contributed by atoms with E-state index in [9.17, 15) is 22.9 Å². The van der Waals surface area contributed by atoms with E-state index in [2.05, 4.69) is 5.32 Å². The van der Waals surface area contributed by atoms with Crippen LogP contribution in [0.2, 0.25) is 0 Å². The Bertz CT molecular complexity index is 650. The Labute approximate surface area is 134 Å². The first-order valence-electron chi connectivity index (χ1n) is 6.47. The van der Waals surface area contributed by atoms with Crippen molar-refractivity contribution >= 4 is 28.1 Å². The molecule has 22 heavy (non-hydrogen) atoms. The average molecular weight is 354 g/mol. The number of nitrogens with one attached hydrogen (secondary N) is 1. The molecular formula is C12H17ClFN3O4S. The van der Waals surface area contributed by atoms with Crippen LogP contribution in [0.1, 0.15) is 12.8 Å². The lowest BCUT2D eigenvalue weighted by Crippen LogP contribution is -2.44. The summed E-state index contributed by atoms with van der Waals surface area (Å²) >= 11 is 0. The molecular weight excluding hydrogens is 337 g/mol. The third kappa shape index (κ3) is 3.54. The van der Waals surface area contributed by atoms with Gasteiger partial charge < -0.3 is 5.32 Å². The van der Waals surface area contributed by atoms with Crippen LogP contribution < -0.4 is 5.32 Å². The fraction of sp³-hybridized carbons (Fsp3) is 0.500. The molecule has 1 N–H and O–H groups in total. The molecule has 7 nitrogen and oxygen atoms in total. The maximum atomic E-state index is 13.9. The zero-order valence-electron chi connectivity index (χ0n) is 11.9. The average Bonchev–Trinajstić information content (AvgIpc) is 2.46. The fourth-order valence-corrected chi connectivity index (χ4v) is 4.02. The molecule has 2 rings (SSSR count). The molecule has 0 aliphatic carbocycles. The molecule has 10 heteroatoms. The van der Waals surface area contributed by atoms with E-state index in [-0.39, 0.29) is 18.4 Å². The lowest BCUT2D eigenvalue weighted by Gasteiger charge is -2.30. The van der Waals surface area contributed by atoms with Crippen LogP contribution in [-0.2, 0) is 10.0 Å². The topological polar surface area (TPSA) is 92.6 Å². The standard InChI is InChI=1S/C12H16FN3O4S.ClH/c1-15(9-5-7-14-8-6-9)21(19,20)12-10(13)3-2-4-11(12)16(17)18;/h2-4,9,14H,5-8H2,1H3;1H. The van der Waals surface area contributed by atoms with Gasteiger partial charge in [-0.25, -0.2) is 12.8 Å². The summed E-state index contributed by atoms with van der Waals surface area (Å²) in [7, 11) is -2.92. The van der Waals surface area contributed by atoms with Crippen LogP contribution >= 0.6 is 12.4 Å². The number of nitro benzene ring substituents is 1. The van der Waals surface area contributed by atoms with Gasteiger partial charge in [0.25, 0.3) is 15.7 Å². The first-order chi connectivity index (χ1) is 9.85. The molecule has 0 radical (unpaired) electrons. The molecule has 1 saturated heterocycles. The highest BCUT2D eigenvalue weighted by atomic mass is 35.5. The minimum atomic E-state index is -4.26. The van der Waals surface area contributed by atoms with Crippen molar-refractivity contribution in [3.8, 4) is 0 Å². The SMILES string of the molecule is CN(C1CCNCC1)S(=O)(=O)c1c(F)cccc1[N+](=O)[O-].Cl. The second kappa shape index (κ2) is 7.32. The number of rotatable bonds is 4. The van der Waals surface area contributed by atoms with Gasteiger partial charge in [-0.05, 0) is 32.0 Å². The number of sulfonamides is 1. The van der Waals surface area contributed by atoms with Gasteiger partial charge in [0, 0.05) is 19.2 Å². The van der Waals surface area contributed by atoms with Crippen LogP contribution in [0.4, 0.5) is 10.1 Å². The van der Waals surface area contributed by atoms with E-state index in [1.165, 1.54) is 7.05 Å². The lowest BCUT2D eigenvalue weighted by molar-refractivity contribution is -0.388. The van der Waals surface area contributed by atoms with Gasteiger partial charge in [0.15, 0.2) is 4.90 Å². The van der Waals surface area contributed by atoms with E-state index in [4.69, 9.17) is 0 Å². The maximum absolute atomic E-state index is 13.9. The van der Waals surface area contributed by atoms with Crippen LogP contribution in [0.15, 0.2) is 23.1 Å². The van der Waals surface area contributed by atoms with Crippen LogP contribution in [0.5, 0.6) is 0 Å². The predicted molar refractivity (Wildman–Crippen MR) is 81.1 cm³/mol. The third-order valence-electron chi connectivity index (χ3n) is 3.60. The Kier molecular flexibility index (Phi) is 6.24. The fourth-order valence-electron chi connectivity index (χ4n) is 2.41. The Hall–Kier alpha value is -1.29. The van der Waals surface area contributed by atoms with Crippen molar-refractivity contribution in [2.24, 2.45) is 0 Å². The number of hydrogen-bond donors (Lipinski definition) is 1. The van der Waals surface area contributed by atoms with Gasteiger partial charge in [-0.2, -0.15) is 4.31 Å². The van der Waals surface area contributed by atoms with Crippen molar-refractivity contribution in [1.82, 2.24) is 9.62 Å². The second-order valence-electron chi connectivity index (χ2n) is 4.85. The summed E-state index contributed by atoms with van der Waals surface area (Å²) in [5.74, 6) is -1.11. The molecule has 0 saturated carbocycles. The van der Waals surface area contributed by atoms with Gasteiger partial charge in [0.05, 0.1) is 4.92 Å². The summed E-state index contributed by atoms with van der Waals surface area (Å²) in [4.78, 5) is 9.22. The Morgan fingerprint density at radius 2 is 1.95 bits per heavy atom. The zero-order valence-corrected chi connectivity index (χ0v) is 13.5. The number of benzene rings is 1. The number of piperidine rings is 1. The van der Waals surface area contributed by atoms with E-state index >= 15 is 0 Å². The summed E-state index contributed by atoms with van der Waals surface area (Å²) in [6.07, 6.45) is 1.16. The van der Waals surface area contributed by atoms with E-state index in [0.29, 0.717) is 25.9 Å². The molecule has 1 fully saturated rings. The second-order valence-corrected chi connectivity index (χ2v) is 6.78. The number of nitro groups is 1. The van der Waals surface area contributed by atoms with E-state index in [1.54, 1.807) is 0 Å². The number of hydrogen-bond acceptors (Lipinski definition) is 5. The monoisotopic (exact) mass is 353 g/mol. The van der Waals surface area contributed by atoms with Crippen molar-refractivity contribution in [3.05, 3.63) is 34.1 Å². The van der Waals surface area contributed by atoms with Crippen LogP contribution in [0.3, 0.4) is 0 Å². The Balaban J connectivity index is 0.00000242. The first-order valence-corrected chi connectivity index (χ1v) is 7.91. The van der Waals surface area contributed by atoms with Crippen molar-refractivity contribution in [1.29, 1.82) is 0 Å². The van der Waals surface area contributed by atoms with Crippen LogP contribution in [0.25, 0.3) is 0 Å². The quantitative estimate of drug-likeness (QED) is 0.654. The molecule has 1 aliphatic rings. The highest BCUT2D eigenvalue weighted by Gasteiger charge is 2.36. The molecule has 1 aromatic carbocycles.